The number of Topliss-reactive ketones (excluding diaryl/α,β-unsaturated/α-hetero) is 1. The van der Waals surface area contributed by atoms with Crippen molar-refractivity contribution in [2.24, 2.45) is 5.73 Å². The third-order valence-corrected chi connectivity index (χ3v) is 7.37. The lowest BCUT2D eigenvalue weighted by atomic mass is 9.63. The molecular weight excluding hydrogens is 466 g/mol. The predicted octanol–water partition coefficient (Wildman–Crippen LogP) is 4.41. The summed E-state index contributed by atoms with van der Waals surface area (Å²) in [6.45, 7) is 5.56. The summed E-state index contributed by atoms with van der Waals surface area (Å²) in [4.78, 5) is 42.8. The van der Waals surface area contributed by atoms with E-state index >= 15 is 0 Å². The Morgan fingerprint density at radius 3 is 2.66 bits per heavy atom. The highest BCUT2D eigenvalue weighted by molar-refractivity contribution is 6.31. The molecule has 7 nitrogen and oxygen atoms in total. The number of esters is 1. The Hall–Kier alpha value is -3.58. The maximum absolute atomic E-state index is 13.9. The van der Waals surface area contributed by atoms with Crippen molar-refractivity contribution in [1.29, 1.82) is 0 Å². The number of allylic oxidation sites excluding steroid dienone is 1. The molecule has 0 saturated carbocycles. The lowest BCUT2D eigenvalue weighted by molar-refractivity contribution is -0.140. The van der Waals surface area contributed by atoms with E-state index in [0.29, 0.717) is 40.5 Å². The normalized spacial score (nSPS) is 21.3. The smallest absolute Gasteiger partial charge is 0.339 e. The van der Waals surface area contributed by atoms with Crippen LogP contribution in [0.2, 0.25) is 5.02 Å². The van der Waals surface area contributed by atoms with Gasteiger partial charge in [-0.3, -0.25) is 14.5 Å². The van der Waals surface area contributed by atoms with Crippen LogP contribution in [0.3, 0.4) is 0 Å². The number of benzene rings is 2. The number of carbonyl (C=O) groups excluding carboxylic acids is 3. The van der Waals surface area contributed by atoms with E-state index < -0.39 is 17.3 Å². The molecule has 3 N–H and O–H groups in total. The fourth-order valence-corrected chi connectivity index (χ4v) is 5.61. The van der Waals surface area contributed by atoms with Gasteiger partial charge in [-0.05, 0) is 57.4 Å². The number of nitrogens with one attached hydrogen (secondary N) is 1. The maximum Gasteiger partial charge on any atom is 0.339 e. The summed E-state index contributed by atoms with van der Waals surface area (Å²) in [7, 11) is 0. The van der Waals surface area contributed by atoms with Crippen LogP contribution in [0.15, 0.2) is 59.1 Å². The lowest BCUT2D eigenvalue weighted by Crippen LogP contribution is -2.53. The van der Waals surface area contributed by atoms with Crippen molar-refractivity contribution < 1.29 is 19.1 Å². The minimum Gasteiger partial charge on any atom is -0.462 e. The van der Waals surface area contributed by atoms with Crippen molar-refractivity contribution in [3.8, 4) is 0 Å². The summed E-state index contributed by atoms with van der Waals surface area (Å²) in [5, 5.41) is 3.42. The topological polar surface area (TPSA) is 102 Å². The van der Waals surface area contributed by atoms with Crippen LogP contribution < -0.4 is 16.0 Å². The standard InChI is InChI=1S/C27H26ClN3O4/c1-4-35-25(33)23-24(29)31(16-10-9-15(3)18(28)13-16)20-6-5-7-21(32)22(20)27(23)17-12-14(2)8-11-19(17)30-26(27)34/h8-13H,4-7,29H2,1-3H3,(H,30,34). The number of aryl methyl sites for hydroxylation is 2. The monoisotopic (exact) mass is 491 g/mol. The van der Waals surface area contributed by atoms with Gasteiger partial charge >= 0.3 is 5.97 Å². The molecular formula is C27H26ClN3O4. The highest BCUT2D eigenvalue weighted by Crippen LogP contribution is 2.55. The van der Waals surface area contributed by atoms with Crippen molar-refractivity contribution in [2.75, 3.05) is 16.8 Å². The number of rotatable bonds is 3. The average Bonchev–Trinajstić information content (AvgIpc) is 3.08. The fraction of sp³-hybridized carbons (Fsp3) is 0.296. The van der Waals surface area contributed by atoms with E-state index in [2.05, 4.69) is 5.32 Å². The number of amides is 1. The molecule has 180 valence electrons. The van der Waals surface area contributed by atoms with Gasteiger partial charge in [0.1, 0.15) is 16.8 Å². The van der Waals surface area contributed by atoms with Gasteiger partial charge in [0, 0.05) is 39.7 Å². The molecule has 1 spiro atoms. The molecule has 0 fully saturated rings. The number of hydrogen-bond donors (Lipinski definition) is 2. The average molecular weight is 492 g/mol. The van der Waals surface area contributed by atoms with Crippen LogP contribution in [0.25, 0.3) is 0 Å². The van der Waals surface area contributed by atoms with Gasteiger partial charge in [0.2, 0.25) is 5.91 Å². The minimum atomic E-state index is -1.69. The van der Waals surface area contributed by atoms with Gasteiger partial charge in [-0.15, -0.1) is 0 Å². The lowest BCUT2D eigenvalue weighted by Gasteiger charge is -2.44. The van der Waals surface area contributed by atoms with Gasteiger partial charge in [-0.2, -0.15) is 0 Å². The molecule has 2 heterocycles. The summed E-state index contributed by atoms with van der Waals surface area (Å²) >= 11 is 6.44. The van der Waals surface area contributed by atoms with Crippen LogP contribution in [0.1, 0.15) is 42.9 Å². The minimum absolute atomic E-state index is 0.0492. The molecule has 2 aliphatic heterocycles. The fourth-order valence-electron chi connectivity index (χ4n) is 5.44. The molecule has 35 heavy (non-hydrogen) atoms. The Morgan fingerprint density at radius 2 is 1.94 bits per heavy atom. The number of nitrogens with two attached hydrogens (primary N) is 1. The Balaban J connectivity index is 1.90. The van der Waals surface area contributed by atoms with Gasteiger partial charge in [0.15, 0.2) is 5.78 Å². The van der Waals surface area contributed by atoms with Gasteiger partial charge < -0.3 is 15.8 Å². The van der Waals surface area contributed by atoms with E-state index in [0.717, 1.165) is 11.1 Å². The molecule has 1 amide bonds. The third kappa shape index (κ3) is 3.22. The molecule has 0 aromatic heterocycles. The van der Waals surface area contributed by atoms with Gasteiger partial charge in [-0.1, -0.05) is 35.4 Å². The summed E-state index contributed by atoms with van der Waals surface area (Å²) < 4.78 is 5.43. The largest absolute Gasteiger partial charge is 0.462 e. The zero-order valence-corrected chi connectivity index (χ0v) is 20.6. The van der Waals surface area contributed by atoms with E-state index in [1.165, 1.54) is 0 Å². The van der Waals surface area contributed by atoms with Crippen molar-refractivity contribution in [3.05, 3.63) is 80.8 Å². The number of nitrogens with zero attached hydrogens (tertiary/aromatic N) is 1. The van der Waals surface area contributed by atoms with Crippen molar-refractivity contribution in [1.82, 2.24) is 0 Å². The first-order valence-electron chi connectivity index (χ1n) is 11.6. The first-order chi connectivity index (χ1) is 16.7. The summed E-state index contributed by atoms with van der Waals surface area (Å²) in [5.41, 5.74) is 9.39. The van der Waals surface area contributed by atoms with Crippen molar-refractivity contribution >= 4 is 40.6 Å². The molecule has 0 bridgehead atoms. The van der Waals surface area contributed by atoms with E-state index in [1.54, 1.807) is 24.0 Å². The molecule has 1 aliphatic carbocycles. The van der Waals surface area contributed by atoms with Crippen molar-refractivity contribution in [3.63, 3.8) is 0 Å². The summed E-state index contributed by atoms with van der Waals surface area (Å²) in [5.74, 6) is -1.34. The first-order valence-corrected chi connectivity index (χ1v) is 12.0. The summed E-state index contributed by atoms with van der Waals surface area (Å²) in [6.07, 6.45) is 1.39. The molecule has 1 atom stereocenters. The number of halogens is 1. The molecule has 0 saturated heterocycles. The first kappa shape index (κ1) is 23.2. The van der Waals surface area contributed by atoms with Crippen LogP contribution in [0, 0.1) is 13.8 Å². The van der Waals surface area contributed by atoms with Gasteiger partial charge in [0.05, 0.1) is 6.61 Å². The van der Waals surface area contributed by atoms with Crippen molar-refractivity contribution in [2.45, 2.75) is 45.4 Å². The van der Waals surface area contributed by atoms with E-state index in [-0.39, 0.29) is 35.8 Å². The molecule has 3 aliphatic rings. The van der Waals surface area contributed by atoms with E-state index in [4.69, 9.17) is 22.1 Å². The maximum atomic E-state index is 13.9. The van der Waals surface area contributed by atoms with E-state index in [1.807, 2.05) is 38.1 Å². The number of fused-ring (bicyclic) bond motifs is 3. The number of anilines is 2. The van der Waals surface area contributed by atoms with Crippen LogP contribution in [0.4, 0.5) is 11.4 Å². The van der Waals surface area contributed by atoms with Crippen LogP contribution in [0.5, 0.6) is 0 Å². The molecule has 1 unspecified atom stereocenters. The molecule has 2 aromatic rings. The van der Waals surface area contributed by atoms with Gasteiger partial charge in [0.25, 0.3) is 0 Å². The van der Waals surface area contributed by atoms with E-state index in [9.17, 15) is 14.4 Å². The number of hydrogen-bond acceptors (Lipinski definition) is 6. The third-order valence-electron chi connectivity index (χ3n) is 6.96. The SMILES string of the molecule is CCOC(=O)C1=C(N)N(c2ccc(C)c(Cl)c2)C2=C(C(=O)CCC2)C12C(=O)Nc1ccc(C)cc12. The number of ketones is 1. The second-order valence-corrected chi connectivity index (χ2v) is 9.51. The highest BCUT2D eigenvalue weighted by Gasteiger charge is 2.62. The Labute approximate surface area is 208 Å². The molecule has 2 aromatic carbocycles. The second-order valence-electron chi connectivity index (χ2n) is 9.10. The number of carbonyl (C=O) groups is 3. The van der Waals surface area contributed by atoms with Crippen LogP contribution in [-0.2, 0) is 24.5 Å². The quantitative estimate of drug-likeness (QED) is 0.617. The predicted molar refractivity (Wildman–Crippen MR) is 134 cm³/mol. The Morgan fingerprint density at radius 1 is 1.17 bits per heavy atom. The second kappa shape index (κ2) is 8.27. The molecule has 8 heteroatoms. The zero-order valence-electron chi connectivity index (χ0n) is 19.8. The zero-order chi connectivity index (χ0) is 25.1. The van der Waals surface area contributed by atoms with Crippen LogP contribution >= 0.6 is 11.6 Å². The summed E-state index contributed by atoms with van der Waals surface area (Å²) in [6, 6.07) is 10.9. The number of ether oxygens (including phenoxy) is 1. The molecule has 0 radical (unpaired) electrons. The van der Waals surface area contributed by atoms with Gasteiger partial charge in [-0.25, -0.2) is 4.79 Å². The Kier molecular flexibility index (Phi) is 5.48. The Bertz CT molecular complexity index is 1380. The van der Waals surface area contributed by atoms with Crippen LogP contribution in [-0.4, -0.2) is 24.3 Å². The highest BCUT2D eigenvalue weighted by atomic mass is 35.5. The molecule has 5 rings (SSSR count).